The first-order valence-electron chi connectivity index (χ1n) is 14.0. The monoisotopic (exact) mass is 550 g/mol. The van der Waals surface area contributed by atoms with Crippen LogP contribution in [0.1, 0.15) is 40.9 Å². The predicted molar refractivity (Wildman–Crippen MR) is 165 cm³/mol. The summed E-state index contributed by atoms with van der Waals surface area (Å²) in [6.07, 6.45) is 0.249. The molecule has 4 aromatic carbocycles. The highest BCUT2D eigenvalue weighted by Crippen LogP contribution is 2.22. The Hall–Kier alpha value is -4.58. The zero-order valence-electron chi connectivity index (χ0n) is 23.9. The molecule has 0 aromatic heterocycles. The smallest absolute Gasteiger partial charge is 0.326 e. The Morgan fingerprint density at radius 1 is 0.878 bits per heavy atom. The SMILES string of the molecule is Cc1cccc(N(CCOc2ccc(C[C@H](Nc3ccccc3C(=O)c3ccccc3)C(=O)O)cc2)CC(C)C)c1. The Bertz CT molecular complexity index is 1430. The zero-order valence-corrected chi connectivity index (χ0v) is 23.9. The van der Waals surface area contributed by atoms with Gasteiger partial charge in [0, 0.05) is 35.5 Å². The number of ketones is 1. The van der Waals surface area contributed by atoms with Gasteiger partial charge in [-0.2, -0.15) is 0 Å². The summed E-state index contributed by atoms with van der Waals surface area (Å²) in [4.78, 5) is 27.6. The van der Waals surface area contributed by atoms with E-state index in [4.69, 9.17) is 4.74 Å². The molecule has 0 amide bonds. The quantitative estimate of drug-likeness (QED) is 0.167. The number of hydrogen-bond acceptors (Lipinski definition) is 5. The summed E-state index contributed by atoms with van der Waals surface area (Å²) in [5.74, 6) is 0.109. The van der Waals surface area contributed by atoms with Crippen molar-refractivity contribution in [3.63, 3.8) is 0 Å². The second kappa shape index (κ2) is 14.2. The highest BCUT2D eigenvalue weighted by Gasteiger charge is 2.21. The van der Waals surface area contributed by atoms with Gasteiger partial charge in [0.2, 0.25) is 0 Å². The van der Waals surface area contributed by atoms with Crippen LogP contribution in [0.2, 0.25) is 0 Å². The first-order valence-corrected chi connectivity index (χ1v) is 14.0. The van der Waals surface area contributed by atoms with E-state index in [1.807, 2.05) is 42.5 Å². The van der Waals surface area contributed by atoms with Gasteiger partial charge < -0.3 is 20.1 Å². The van der Waals surface area contributed by atoms with Gasteiger partial charge in [-0.1, -0.05) is 80.6 Å². The molecule has 2 N–H and O–H groups in total. The first kappa shape index (κ1) is 29.4. The number of para-hydroxylation sites is 1. The van der Waals surface area contributed by atoms with Gasteiger partial charge in [0.15, 0.2) is 5.78 Å². The maximum atomic E-state index is 13.1. The Labute approximate surface area is 242 Å². The molecule has 212 valence electrons. The number of hydrogen-bond donors (Lipinski definition) is 2. The van der Waals surface area contributed by atoms with E-state index in [0.29, 0.717) is 29.3 Å². The molecule has 6 nitrogen and oxygen atoms in total. The van der Waals surface area contributed by atoms with Gasteiger partial charge in [0.05, 0.1) is 6.54 Å². The summed E-state index contributed by atoms with van der Waals surface area (Å²) in [6.45, 7) is 8.75. The number of anilines is 2. The molecule has 0 spiro atoms. The van der Waals surface area contributed by atoms with Crippen molar-refractivity contribution in [3.05, 3.63) is 125 Å². The maximum Gasteiger partial charge on any atom is 0.326 e. The molecule has 6 heteroatoms. The molecular weight excluding hydrogens is 512 g/mol. The highest BCUT2D eigenvalue weighted by atomic mass is 16.5. The average Bonchev–Trinajstić information content (AvgIpc) is 2.97. The molecule has 0 radical (unpaired) electrons. The average molecular weight is 551 g/mol. The third-order valence-corrected chi connectivity index (χ3v) is 6.78. The Morgan fingerprint density at radius 3 is 2.27 bits per heavy atom. The summed E-state index contributed by atoms with van der Waals surface area (Å²) in [5, 5.41) is 13.0. The fraction of sp³-hybridized carbons (Fsp3) is 0.257. The number of carbonyl (C=O) groups is 2. The van der Waals surface area contributed by atoms with Crippen molar-refractivity contribution >= 4 is 23.1 Å². The van der Waals surface area contributed by atoms with Crippen LogP contribution in [0.25, 0.3) is 0 Å². The van der Waals surface area contributed by atoms with Crippen molar-refractivity contribution in [2.45, 2.75) is 33.2 Å². The molecule has 0 aliphatic carbocycles. The first-order chi connectivity index (χ1) is 19.8. The topological polar surface area (TPSA) is 78.9 Å². The highest BCUT2D eigenvalue weighted by molar-refractivity contribution is 6.12. The van der Waals surface area contributed by atoms with E-state index in [0.717, 1.165) is 24.4 Å². The van der Waals surface area contributed by atoms with E-state index in [-0.39, 0.29) is 12.2 Å². The molecule has 0 aliphatic heterocycles. The Morgan fingerprint density at radius 2 is 1.59 bits per heavy atom. The van der Waals surface area contributed by atoms with E-state index < -0.39 is 12.0 Å². The Balaban J connectivity index is 1.38. The number of nitrogens with zero attached hydrogens (tertiary/aromatic N) is 1. The van der Waals surface area contributed by atoms with Crippen LogP contribution in [-0.2, 0) is 11.2 Å². The molecule has 4 aromatic rings. The second-order valence-electron chi connectivity index (χ2n) is 10.7. The van der Waals surface area contributed by atoms with Crippen molar-refractivity contribution in [1.29, 1.82) is 0 Å². The fourth-order valence-electron chi connectivity index (χ4n) is 4.76. The van der Waals surface area contributed by atoms with E-state index >= 15 is 0 Å². The number of carboxylic acid groups (broad SMARTS) is 1. The lowest BCUT2D eigenvalue weighted by atomic mass is 10.00. The lowest BCUT2D eigenvalue weighted by molar-refractivity contribution is -0.137. The summed E-state index contributed by atoms with van der Waals surface area (Å²) in [7, 11) is 0. The van der Waals surface area contributed by atoms with Crippen LogP contribution >= 0.6 is 0 Å². The molecule has 0 saturated carbocycles. The largest absolute Gasteiger partial charge is 0.492 e. The number of carboxylic acids is 1. The normalized spacial score (nSPS) is 11.6. The van der Waals surface area contributed by atoms with Gasteiger partial charge in [-0.3, -0.25) is 4.79 Å². The summed E-state index contributed by atoms with van der Waals surface area (Å²) < 4.78 is 6.05. The van der Waals surface area contributed by atoms with Gasteiger partial charge in [-0.05, 0) is 60.4 Å². The number of ether oxygens (including phenoxy) is 1. The number of aryl methyl sites for hydroxylation is 1. The third-order valence-electron chi connectivity index (χ3n) is 6.78. The van der Waals surface area contributed by atoms with Crippen molar-refractivity contribution in [2.24, 2.45) is 5.92 Å². The van der Waals surface area contributed by atoms with Crippen molar-refractivity contribution in [2.75, 3.05) is 29.9 Å². The zero-order chi connectivity index (χ0) is 29.2. The summed E-state index contributed by atoms with van der Waals surface area (Å²) >= 11 is 0. The van der Waals surface area contributed by atoms with Crippen LogP contribution in [0.5, 0.6) is 5.75 Å². The van der Waals surface area contributed by atoms with Crippen LogP contribution in [0.4, 0.5) is 11.4 Å². The molecular formula is C35H38N2O4. The number of benzene rings is 4. The standard InChI is InChI=1S/C35H38N2O4/c1-25(2)24-37(29-13-9-10-26(3)22-29)20-21-41-30-18-16-27(17-19-30)23-33(35(39)40)36-32-15-8-7-14-31(32)34(38)28-11-5-4-6-12-28/h4-19,22,25,33,36H,20-21,23-24H2,1-3H3,(H,39,40)/t33-/m0/s1. The van der Waals surface area contributed by atoms with Gasteiger partial charge in [0.25, 0.3) is 0 Å². The van der Waals surface area contributed by atoms with Gasteiger partial charge >= 0.3 is 5.97 Å². The van der Waals surface area contributed by atoms with Crippen molar-refractivity contribution in [3.8, 4) is 5.75 Å². The van der Waals surface area contributed by atoms with E-state index in [9.17, 15) is 14.7 Å². The molecule has 0 aliphatic rings. The fourth-order valence-corrected chi connectivity index (χ4v) is 4.76. The third kappa shape index (κ3) is 8.45. The number of aliphatic carboxylic acids is 1. The van der Waals surface area contributed by atoms with Crippen LogP contribution in [0, 0.1) is 12.8 Å². The van der Waals surface area contributed by atoms with Crippen molar-refractivity contribution < 1.29 is 19.4 Å². The summed E-state index contributed by atoms with van der Waals surface area (Å²) in [5.41, 5.74) is 4.75. The molecule has 41 heavy (non-hydrogen) atoms. The minimum atomic E-state index is -0.992. The second-order valence-corrected chi connectivity index (χ2v) is 10.7. The number of nitrogens with one attached hydrogen (secondary N) is 1. The molecule has 0 saturated heterocycles. The molecule has 0 unspecified atom stereocenters. The molecule has 4 rings (SSSR count). The Kier molecular flexibility index (Phi) is 10.2. The molecule has 0 heterocycles. The minimum Gasteiger partial charge on any atom is -0.492 e. The van der Waals surface area contributed by atoms with Crippen LogP contribution in [0.3, 0.4) is 0 Å². The lowest BCUT2D eigenvalue weighted by Crippen LogP contribution is -2.32. The number of rotatable bonds is 14. The van der Waals surface area contributed by atoms with E-state index in [2.05, 4.69) is 55.3 Å². The van der Waals surface area contributed by atoms with E-state index in [1.165, 1.54) is 11.3 Å². The van der Waals surface area contributed by atoms with Crippen LogP contribution < -0.4 is 15.0 Å². The summed E-state index contributed by atoms with van der Waals surface area (Å²) in [6, 6.07) is 31.1. The van der Waals surface area contributed by atoms with Crippen LogP contribution in [-0.4, -0.2) is 42.6 Å². The molecule has 0 fully saturated rings. The minimum absolute atomic E-state index is 0.159. The number of carbonyl (C=O) groups excluding carboxylic acids is 1. The van der Waals surface area contributed by atoms with Gasteiger partial charge in [-0.15, -0.1) is 0 Å². The predicted octanol–water partition coefficient (Wildman–Crippen LogP) is 6.88. The van der Waals surface area contributed by atoms with Gasteiger partial charge in [0.1, 0.15) is 18.4 Å². The molecule has 0 bridgehead atoms. The van der Waals surface area contributed by atoms with E-state index in [1.54, 1.807) is 36.4 Å². The lowest BCUT2D eigenvalue weighted by Gasteiger charge is -2.27. The molecule has 1 atom stereocenters. The van der Waals surface area contributed by atoms with Crippen LogP contribution in [0.15, 0.2) is 103 Å². The van der Waals surface area contributed by atoms with Crippen molar-refractivity contribution in [1.82, 2.24) is 0 Å². The maximum absolute atomic E-state index is 13.1. The van der Waals surface area contributed by atoms with Gasteiger partial charge in [-0.25, -0.2) is 4.79 Å².